The highest BCUT2D eigenvalue weighted by atomic mass is 35.5. The van der Waals surface area contributed by atoms with Gasteiger partial charge in [0.05, 0.1) is 6.33 Å². The zero-order valence-corrected chi connectivity index (χ0v) is 9.64. The van der Waals surface area contributed by atoms with Crippen LogP contribution in [0.4, 0.5) is 4.39 Å². The minimum atomic E-state index is 0.494. The van der Waals surface area contributed by atoms with Crippen molar-refractivity contribution in [2.75, 3.05) is 0 Å². The average molecular weight is 229 g/mol. The van der Waals surface area contributed by atoms with E-state index in [1.165, 1.54) is 11.6 Å². The highest BCUT2D eigenvalue weighted by Gasteiger charge is 2.10. The van der Waals surface area contributed by atoms with Gasteiger partial charge in [-0.15, -0.1) is 0 Å². The number of hydrogen-bond donors (Lipinski definition) is 0. The van der Waals surface area contributed by atoms with E-state index in [0.717, 1.165) is 29.7 Å². The molecule has 0 N–H and O–H groups in total. The Morgan fingerprint density at radius 2 is 2.07 bits per heavy atom. The van der Waals surface area contributed by atoms with Crippen molar-refractivity contribution in [3.63, 3.8) is 0 Å². The molecule has 1 nitrogen and oxygen atoms in total. The van der Waals surface area contributed by atoms with Gasteiger partial charge in [0.15, 0.2) is 0 Å². The molecule has 3 heteroatoms. The van der Waals surface area contributed by atoms with Crippen molar-refractivity contribution in [1.82, 2.24) is 0 Å². The molecular formula is C12H14ClFO. The number of halogens is 2. The summed E-state index contributed by atoms with van der Waals surface area (Å²) < 4.78 is 17.6. The maximum absolute atomic E-state index is 12.0. The van der Waals surface area contributed by atoms with Crippen LogP contribution in [0.25, 0.3) is 6.08 Å². The summed E-state index contributed by atoms with van der Waals surface area (Å²) in [5.41, 5.74) is 3.58. The molecule has 0 saturated carbocycles. The van der Waals surface area contributed by atoms with Crippen molar-refractivity contribution in [1.29, 1.82) is 0 Å². The third kappa shape index (κ3) is 2.96. The fourth-order valence-electron chi connectivity index (χ4n) is 1.41. The zero-order valence-electron chi connectivity index (χ0n) is 8.89. The number of allylic oxidation sites excluding steroid dienone is 1. The molecular weight excluding hydrogens is 215 g/mol. The Bertz CT molecular complexity index is 377. The summed E-state index contributed by atoms with van der Waals surface area (Å²) in [5.74, 6) is 1.50. The van der Waals surface area contributed by atoms with E-state index in [0.29, 0.717) is 12.1 Å². The highest BCUT2D eigenvalue weighted by Crippen LogP contribution is 2.23. The predicted molar refractivity (Wildman–Crippen MR) is 61.6 cm³/mol. The Hall–Kier alpha value is -1.02. The lowest BCUT2D eigenvalue weighted by molar-refractivity contribution is 0.497. The predicted octanol–water partition coefficient (Wildman–Crippen LogP) is 4.52. The van der Waals surface area contributed by atoms with Crippen LogP contribution in [-0.2, 0) is 6.42 Å². The Balaban J connectivity index is 2.85. The number of aryl methyl sites for hydroxylation is 1. The summed E-state index contributed by atoms with van der Waals surface area (Å²) in [6.07, 6.45) is 5.31. The molecule has 0 fully saturated rings. The lowest BCUT2D eigenvalue weighted by atomic mass is 10.1. The number of rotatable bonds is 4. The van der Waals surface area contributed by atoms with Crippen LogP contribution in [0, 0.1) is 13.8 Å². The smallest absolute Gasteiger partial charge is 0.132 e. The van der Waals surface area contributed by atoms with Crippen LogP contribution in [0.15, 0.2) is 22.4 Å². The standard InChI is InChI=1S/C12H14ClFO/c1-9-10(2)12(6-8-14)15-11(9)5-3-4-7-13/h4,6-8H,3,5H2,1-2H3/b7-4+,8-6+. The van der Waals surface area contributed by atoms with Crippen LogP contribution < -0.4 is 0 Å². The molecule has 0 saturated heterocycles. The van der Waals surface area contributed by atoms with E-state index in [9.17, 15) is 4.39 Å². The third-order valence-corrected chi connectivity index (χ3v) is 2.60. The molecule has 1 heterocycles. The highest BCUT2D eigenvalue weighted by molar-refractivity contribution is 6.25. The van der Waals surface area contributed by atoms with Crippen molar-refractivity contribution in [3.8, 4) is 0 Å². The van der Waals surface area contributed by atoms with Crippen molar-refractivity contribution in [2.45, 2.75) is 26.7 Å². The van der Waals surface area contributed by atoms with E-state index in [1.54, 1.807) is 0 Å². The topological polar surface area (TPSA) is 13.1 Å². The fraction of sp³-hybridized carbons (Fsp3) is 0.333. The van der Waals surface area contributed by atoms with E-state index in [4.69, 9.17) is 16.0 Å². The summed E-state index contributed by atoms with van der Waals surface area (Å²) >= 11 is 5.42. The summed E-state index contributed by atoms with van der Waals surface area (Å²) in [5, 5.41) is 0. The molecule has 0 atom stereocenters. The second-order valence-corrected chi connectivity index (χ2v) is 3.58. The second-order valence-electron chi connectivity index (χ2n) is 3.33. The van der Waals surface area contributed by atoms with Gasteiger partial charge in [0, 0.05) is 18.0 Å². The van der Waals surface area contributed by atoms with Crippen LogP contribution in [-0.4, -0.2) is 0 Å². The van der Waals surface area contributed by atoms with E-state index >= 15 is 0 Å². The number of hydrogen-bond acceptors (Lipinski definition) is 1. The molecule has 0 unspecified atom stereocenters. The van der Waals surface area contributed by atoms with Crippen molar-refractivity contribution >= 4 is 17.7 Å². The van der Waals surface area contributed by atoms with E-state index < -0.39 is 0 Å². The SMILES string of the molecule is Cc1c(/C=C/F)oc(CC/C=C/Cl)c1C. The van der Waals surface area contributed by atoms with Crippen LogP contribution in [0.3, 0.4) is 0 Å². The molecule has 0 aromatic carbocycles. The molecule has 0 aliphatic rings. The van der Waals surface area contributed by atoms with Gasteiger partial charge in [-0.1, -0.05) is 17.7 Å². The van der Waals surface area contributed by atoms with Crippen molar-refractivity contribution < 1.29 is 8.81 Å². The van der Waals surface area contributed by atoms with Crippen molar-refractivity contribution in [3.05, 3.63) is 40.6 Å². The summed E-state index contributed by atoms with van der Waals surface area (Å²) in [6, 6.07) is 0. The Kier molecular flexibility index (Phi) is 4.63. The molecule has 82 valence electrons. The second kappa shape index (κ2) is 5.76. The first kappa shape index (κ1) is 12.1. The van der Waals surface area contributed by atoms with Gasteiger partial charge in [0.2, 0.25) is 0 Å². The lowest BCUT2D eigenvalue weighted by Crippen LogP contribution is -1.83. The van der Waals surface area contributed by atoms with Gasteiger partial charge >= 0.3 is 0 Å². The van der Waals surface area contributed by atoms with Crippen LogP contribution in [0.5, 0.6) is 0 Å². The maximum atomic E-state index is 12.0. The first-order valence-electron chi connectivity index (χ1n) is 4.81. The first-order valence-corrected chi connectivity index (χ1v) is 5.25. The van der Waals surface area contributed by atoms with E-state index in [-0.39, 0.29) is 0 Å². The molecule has 0 aliphatic heterocycles. The summed E-state index contributed by atoms with van der Waals surface area (Å²) in [4.78, 5) is 0. The molecule has 0 spiro atoms. The van der Waals surface area contributed by atoms with Gasteiger partial charge in [-0.3, -0.25) is 0 Å². The average Bonchev–Trinajstić information content (AvgIpc) is 2.48. The number of furan rings is 1. The summed E-state index contributed by atoms with van der Waals surface area (Å²) in [6.45, 7) is 3.91. The summed E-state index contributed by atoms with van der Waals surface area (Å²) in [7, 11) is 0. The molecule has 0 amide bonds. The van der Waals surface area contributed by atoms with Crippen LogP contribution in [0.2, 0.25) is 0 Å². The van der Waals surface area contributed by atoms with Gasteiger partial charge in [0.1, 0.15) is 11.5 Å². The quantitative estimate of drug-likeness (QED) is 0.739. The minimum Gasteiger partial charge on any atom is -0.461 e. The molecule has 1 aromatic heterocycles. The van der Waals surface area contributed by atoms with Crippen molar-refractivity contribution in [2.24, 2.45) is 0 Å². The normalized spacial score (nSPS) is 12.0. The molecule has 0 radical (unpaired) electrons. The Morgan fingerprint density at radius 3 is 2.67 bits per heavy atom. The Labute approximate surface area is 94.2 Å². The molecule has 0 aliphatic carbocycles. The van der Waals surface area contributed by atoms with E-state index in [2.05, 4.69) is 0 Å². The molecule has 1 rings (SSSR count). The molecule has 0 bridgehead atoms. The van der Waals surface area contributed by atoms with Gasteiger partial charge < -0.3 is 4.42 Å². The zero-order chi connectivity index (χ0) is 11.3. The lowest BCUT2D eigenvalue weighted by Gasteiger charge is -1.94. The fourth-order valence-corrected chi connectivity index (χ4v) is 1.54. The maximum Gasteiger partial charge on any atom is 0.132 e. The first-order chi connectivity index (χ1) is 7.20. The Morgan fingerprint density at radius 1 is 1.33 bits per heavy atom. The molecule has 1 aromatic rings. The largest absolute Gasteiger partial charge is 0.461 e. The minimum absolute atomic E-state index is 0.494. The van der Waals surface area contributed by atoms with Crippen LogP contribution in [0.1, 0.15) is 29.1 Å². The van der Waals surface area contributed by atoms with Gasteiger partial charge in [0.25, 0.3) is 0 Å². The van der Waals surface area contributed by atoms with Gasteiger partial charge in [-0.05, 0) is 31.4 Å². The monoisotopic (exact) mass is 228 g/mol. The molecule has 15 heavy (non-hydrogen) atoms. The van der Waals surface area contributed by atoms with Gasteiger partial charge in [-0.2, -0.15) is 0 Å². The van der Waals surface area contributed by atoms with Gasteiger partial charge in [-0.25, -0.2) is 4.39 Å². The van der Waals surface area contributed by atoms with E-state index in [1.807, 2.05) is 19.9 Å². The third-order valence-electron chi connectivity index (χ3n) is 2.43. The van der Waals surface area contributed by atoms with Crippen LogP contribution >= 0.6 is 11.6 Å².